The number of halogens is 1. The number of carbonyl (C=O) groups is 1. The van der Waals surface area contributed by atoms with Crippen molar-refractivity contribution in [2.75, 3.05) is 32.7 Å². The molecule has 2 aromatic heterocycles. The summed E-state index contributed by atoms with van der Waals surface area (Å²) in [5.74, 6) is -0.0185. The Bertz CT molecular complexity index is 1080. The van der Waals surface area contributed by atoms with E-state index in [2.05, 4.69) is 32.6 Å². The molecule has 0 spiro atoms. The first-order chi connectivity index (χ1) is 14.3. The molecule has 0 radical (unpaired) electrons. The van der Waals surface area contributed by atoms with Crippen LogP contribution in [0.15, 0.2) is 36.4 Å². The molecule has 0 N–H and O–H groups in total. The monoisotopic (exact) mass is 425 g/mol. The van der Waals surface area contributed by atoms with Crippen LogP contribution >= 0.6 is 11.6 Å². The minimum atomic E-state index is -0.147. The van der Waals surface area contributed by atoms with Crippen molar-refractivity contribution in [1.82, 2.24) is 24.4 Å². The number of aromatic nitrogens is 3. The van der Waals surface area contributed by atoms with Gasteiger partial charge in [0, 0.05) is 48.2 Å². The molecular weight excluding hydrogens is 398 g/mol. The number of likely N-dealkylation sites (N-methyl/N-ethyl adjacent to an activating group) is 1. The van der Waals surface area contributed by atoms with E-state index >= 15 is 0 Å². The lowest BCUT2D eigenvalue weighted by Gasteiger charge is -2.34. The molecule has 4 rings (SSSR count). The van der Waals surface area contributed by atoms with Crippen molar-refractivity contribution < 1.29 is 4.79 Å². The Morgan fingerprint density at radius 3 is 2.43 bits per heavy atom. The number of carbonyl (C=O) groups excluding carboxylic acids is 1. The van der Waals surface area contributed by atoms with Crippen molar-refractivity contribution in [1.29, 1.82) is 0 Å². The van der Waals surface area contributed by atoms with Crippen LogP contribution in [0.1, 0.15) is 43.9 Å². The SMILES string of the molecule is CCN1CCN(C(=O)c2cc(-c3ccccc3Cl)nc3cc(C(C)(C)C)nn23)CC1. The zero-order valence-electron chi connectivity index (χ0n) is 18.0. The van der Waals surface area contributed by atoms with E-state index in [9.17, 15) is 4.79 Å². The summed E-state index contributed by atoms with van der Waals surface area (Å²) in [5.41, 5.74) is 3.43. The Morgan fingerprint density at radius 2 is 1.80 bits per heavy atom. The van der Waals surface area contributed by atoms with Gasteiger partial charge in [0.1, 0.15) is 5.69 Å². The smallest absolute Gasteiger partial charge is 0.272 e. The van der Waals surface area contributed by atoms with Gasteiger partial charge in [0.2, 0.25) is 0 Å². The number of rotatable bonds is 3. The third kappa shape index (κ3) is 3.94. The minimum Gasteiger partial charge on any atom is -0.335 e. The summed E-state index contributed by atoms with van der Waals surface area (Å²) in [4.78, 5) is 22.6. The van der Waals surface area contributed by atoms with Crippen LogP contribution in [0.5, 0.6) is 0 Å². The second-order valence-electron chi connectivity index (χ2n) is 8.78. The second kappa shape index (κ2) is 8.00. The summed E-state index contributed by atoms with van der Waals surface area (Å²) in [6, 6.07) is 11.4. The molecule has 158 valence electrons. The number of benzene rings is 1. The molecule has 3 heterocycles. The van der Waals surface area contributed by atoms with Crippen molar-refractivity contribution >= 4 is 23.2 Å². The van der Waals surface area contributed by atoms with Gasteiger partial charge in [-0.15, -0.1) is 0 Å². The molecule has 1 aliphatic rings. The van der Waals surface area contributed by atoms with Crippen LogP contribution < -0.4 is 0 Å². The quantitative estimate of drug-likeness (QED) is 0.633. The largest absolute Gasteiger partial charge is 0.335 e. The lowest BCUT2D eigenvalue weighted by molar-refractivity contribution is 0.0634. The summed E-state index contributed by atoms with van der Waals surface area (Å²) >= 11 is 6.44. The standard InChI is InChI=1S/C23H28ClN5O/c1-5-27-10-12-28(13-11-27)22(30)19-14-18(16-8-6-7-9-17(16)24)25-21-15-20(23(2,3)4)26-29(19)21/h6-9,14-15H,5,10-13H2,1-4H3. The molecule has 3 aromatic rings. The first kappa shape index (κ1) is 20.8. The van der Waals surface area contributed by atoms with Crippen molar-refractivity contribution in [2.45, 2.75) is 33.1 Å². The van der Waals surface area contributed by atoms with Crippen LogP contribution in [-0.4, -0.2) is 63.0 Å². The Morgan fingerprint density at radius 1 is 1.10 bits per heavy atom. The van der Waals surface area contributed by atoms with E-state index in [1.807, 2.05) is 41.3 Å². The van der Waals surface area contributed by atoms with Gasteiger partial charge in [0.15, 0.2) is 5.65 Å². The molecule has 1 aromatic carbocycles. The fourth-order valence-corrected chi connectivity index (χ4v) is 3.96. The van der Waals surface area contributed by atoms with E-state index in [-0.39, 0.29) is 11.3 Å². The van der Waals surface area contributed by atoms with Crippen molar-refractivity contribution in [3.05, 3.63) is 52.8 Å². The van der Waals surface area contributed by atoms with Crippen molar-refractivity contribution in [2.24, 2.45) is 0 Å². The molecule has 1 aliphatic heterocycles. The Labute approximate surface area is 182 Å². The maximum Gasteiger partial charge on any atom is 0.272 e. The van der Waals surface area contributed by atoms with Crippen LogP contribution in [-0.2, 0) is 5.41 Å². The molecule has 7 heteroatoms. The third-order valence-electron chi connectivity index (χ3n) is 5.67. The average Bonchev–Trinajstić information content (AvgIpc) is 3.18. The highest BCUT2D eigenvalue weighted by molar-refractivity contribution is 6.33. The van der Waals surface area contributed by atoms with Gasteiger partial charge in [-0.05, 0) is 18.7 Å². The summed E-state index contributed by atoms with van der Waals surface area (Å²) in [7, 11) is 0. The van der Waals surface area contributed by atoms with Gasteiger partial charge in [0.25, 0.3) is 5.91 Å². The third-order valence-corrected chi connectivity index (χ3v) is 6.00. The van der Waals surface area contributed by atoms with E-state index in [4.69, 9.17) is 21.7 Å². The van der Waals surface area contributed by atoms with Crippen LogP contribution in [0, 0.1) is 0 Å². The number of nitrogens with zero attached hydrogens (tertiary/aromatic N) is 5. The van der Waals surface area contributed by atoms with Crippen molar-refractivity contribution in [3.63, 3.8) is 0 Å². The topological polar surface area (TPSA) is 53.7 Å². The molecule has 1 saturated heterocycles. The maximum absolute atomic E-state index is 13.5. The van der Waals surface area contributed by atoms with E-state index in [0.717, 1.165) is 30.9 Å². The minimum absolute atomic E-state index is 0.0185. The van der Waals surface area contributed by atoms with Gasteiger partial charge in [-0.2, -0.15) is 5.10 Å². The fourth-order valence-electron chi connectivity index (χ4n) is 3.73. The fraction of sp³-hybridized carbons (Fsp3) is 0.435. The number of amides is 1. The average molecular weight is 426 g/mol. The van der Waals surface area contributed by atoms with Gasteiger partial charge in [0.05, 0.1) is 11.4 Å². The number of hydrogen-bond donors (Lipinski definition) is 0. The second-order valence-corrected chi connectivity index (χ2v) is 9.19. The zero-order valence-corrected chi connectivity index (χ0v) is 18.8. The van der Waals surface area contributed by atoms with E-state index in [1.165, 1.54) is 0 Å². The molecule has 30 heavy (non-hydrogen) atoms. The molecule has 0 unspecified atom stereocenters. The molecule has 6 nitrogen and oxygen atoms in total. The highest BCUT2D eigenvalue weighted by atomic mass is 35.5. The molecule has 0 atom stereocenters. The highest BCUT2D eigenvalue weighted by Gasteiger charge is 2.26. The van der Waals surface area contributed by atoms with Gasteiger partial charge in [-0.25, -0.2) is 9.50 Å². The summed E-state index contributed by atoms with van der Waals surface area (Å²) < 4.78 is 1.69. The molecule has 0 aliphatic carbocycles. The predicted molar refractivity (Wildman–Crippen MR) is 120 cm³/mol. The molecule has 1 amide bonds. The summed E-state index contributed by atoms with van der Waals surface area (Å²) in [6.07, 6.45) is 0. The van der Waals surface area contributed by atoms with Gasteiger partial charge < -0.3 is 9.80 Å². The van der Waals surface area contributed by atoms with E-state index < -0.39 is 0 Å². The molecule has 0 saturated carbocycles. The van der Waals surface area contributed by atoms with E-state index in [1.54, 1.807) is 4.52 Å². The Balaban J connectivity index is 1.83. The van der Waals surface area contributed by atoms with Crippen molar-refractivity contribution in [3.8, 4) is 11.3 Å². The van der Waals surface area contributed by atoms with Gasteiger partial charge in [-0.1, -0.05) is 57.5 Å². The normalized spacial score (nSPS) is 15.7. The Hall–Kier alpha value is -2.44. The van der Waals surface area contributed by atoms with Crippen LogP contribution in [0.2, 0.25) is 5.02 Å². The van der Waals surface area contributed by atoms with Crippen LogP contribution in [0.3, 0.4) is 0 Å². The lowest BCUT2D eigenvalue weighted by Crippen LogP contribution is -2.48. The molecule has 1 fully saturated rings. The zero-order chi connectivity index (χ0) is 21.5. The van der Waals surface area contributed by atoms with E-state index in [0.29, 0.717) is 35.1 Å². The van der Waals surface area contributed by atoms with Gasteiger partial charge >= 0.3 is 0 Å². The molecule has 0 bridgehead atoms. The number of hydrogen-bond acceptors (Lipinski definition) is 4. The van der Waals surface area contributed by atoms with Crippen LogP contribution in [0.4, 0.5) is 0 Å². The lowest BCUT2D eigenvalue weighted by atomic mass is 9.93. The molecular formula is C23H28ClN5O. The van der Waals surface area contributed by atoms with Crippen LogP contribution in [0.25, 0.3) is 16.9 Å². The maximum atomic E-state index is 13.5. The Kier molecular flexibility index (Phi) is 5.55. The number of piperazine rings is 1. The summed E-state index contributed by atoms with van der Waals surface area (Å²) in [6.45, 7) is 12.7. The number of fused-ring (bicyclic) bond motifs is 1. The highest BCUT2D eigenvalue weighted by Crippen LogP contribution is 2.29. The summed E-state index contributed by atoms with van der Waals surface area (Å²) in [5, 5.41) is 5.36. The first-order valence-corrected chi connectivity index (χ1v) is 10.8. The first-order valence-electron chi connectivity index (χ1n) is 10.5. The van der Waals surface area contributed by atoms with Gasteiger partial charge in [-0.3, -0.25) is 4.79 Å². The predicted octanol–water partition coefficient (Wildman–Crippen LogP) is 4.12.